The van der Waals surface area contributed by atoms with Crippen molar-refractivity contribution < 1.29 is 0 Å². The summed E-state index contributed by atoms with van der Waals surface area (Å²) in [6, 6.07) is 84.7. The minimum atomic E-state index is 0.610. The number of hydrogen-bond acceptors (Lipinski definition) is 3. The molecule has 0 N–H and O–H groups in total. The summed E-state index contributed by atoms with van der Waals surface area (Å²) in [6.45, 7) is 0. The molecule has 0 unspecified atom stereocenters. The molecule has 14 rings (SSSR count). The summed E-state index contributed by atoms with van der Waals surface area (Å²) in [5.74, 6) is 1.85. The molecule has 316 valence electrons. The Kier molecular flexibility index (Phi) is 8.52. The molecule has 5 heteroatoms. The van der Waals surface area contributed by atoms with Crippen molar-refractivity contribution in [3.05, 3.63) is 237 Å². The molecule has 0 bridgehead atoms. The Balaban J connectivity index is 1.08. The van der Waals surface area contributed by atoms with Crippen molar-refractivity contribution in [2.75, 3.05) is 0 Å². The fourth-order valence-corrected chi connectivity index (χ4v) is 10.7. The molecule has 5 nitrogen and oxygen atoms in total. The van der Waals surface area contributed by atoms with Crippen molar-refractivity contribution in [2.24, 2.45) is 0 Å². The molecule has 14 aromatic rings. The normalized spacial score (nSPS) is 11.8. The predicted octanol–water partition coefficient (Wildman–Crippen LogP) is 16.2. The van der Waals surface area contributed by atoms with Crippen LogP contribution in [-0.2, 0) is 0 Å². The van der Waals surface area contributed by atoms with E-state index < -0.39 is 0 Å². The van der Waals surface area contributed by atoms with Gasteiger partial charge in [0.2, 0.25) is 0 Å². The van der Waals surface area contributed by atoms with E-state index in [2.05, 4.69) is 228 Å². The molecule has 0 amide bonds. The number of aromatic nitrogens is 5. The highest BCUT2D eigenvalue weighted by molar-refractivity contribution is 6.19. The van der Waals surface area contributed by atoms with Crippen molar-refractivity contribution in [3.63, 3.8) is 0 Å². The van der Waals surface area contributed by atoms with Crippen LogP contribution >= 0.6 is 0 Å². The van der Waals surface area contributed by atoms with E-state index in [1.165, 1.54) is 32.3 Å². The van der Waals surface area contributed by atoms with Crippen molar-refractivity contribution in [2.45, 2.75) is 0 Å². The number of fused-ring (bicyclic) bond motifs is 9. The first-order valence-electron chi connectivity index (χ1n) is 23.1. The average molecular weight is 866 g/mol. The average Bonchev–Trinajstić information content (AvgIpc) is 3.91. The van der Waals surface area contributed by atoms with Crippen LogP contribution in [-0.4, -0.2) is 24.1 Å². The minimum Gasteiger partial charge on any atom is -0.309 e. The standard InChI is InChI=1S/C63H39N5/c1-4-18-40(19-5-1)47-29-16-30-48-49(34-35-56(59(47)48)68-57-38-44-24-12-10-22-42(44)36-52(57)53-37-43-23-11-13-25-45(43)39-58(53)68)62-64-61(41-20-6-2-7-21-41)65-63(66-62)51-31-17-33-55-60(51)50-28-14-15-32-54(50)67(55)46-26-8-3-9-27-46/h1-39H. The maximum Gasteiger partial charge on any atom is 0.164 e. The summed E-state index contributed by atoms with van der Waals surface area (Å²) >= 11 is 0. The maximum atomic E-state index is 5.51. The van der Waals surface area contributed by atoms with Gasteiger partial charge in [-0.05, 0) is 98.7 Å². The number of para-hydroxylation sites is 2. The van der Waals surface area contributed by atoms with Crippen LogP contribution in [0.3, 0.4) is 0 Å². The van der Waals surface area contributed by atoms with E-state index in [4.69, 9.17) is 15.0 Å². The van der Waals surface area contributed by atoms with Gasteiger partial charge in [0, 0.05) is 49.3 Å². The van der Waals surface area contributed by atoms with Gasteiger partial charge in [-0.2, -0.15) is 0 Å². The van der Waals surface area contributed by atoms with Crippen molar-refractivity contribution in [1.29, 1.82) is 0 Å². The Morgan fingerprint density at radius 3 is 1.44 bits per heavy atom. The van der Waals surface area contributed by atoms with Crippen LogP contribution in [0.2, 0.25) is 0 Å². The Labute approximate surface area is 391 Å². The number of rotatable bonds is 6. The largest absolute Gasteiger partial charge is 0.309 e. The van der Waals surface area contributed by atoms with Gasteiger partial charge in [0.05, 0.1) is 27.8 Å². The number of hydrogen-bond donors (Lipinski definition) is 0. The second-order valence-electron chi connectivity index (χ2n) is 17.6. The van der Waals surface area contributed by atoms with Gasteiger partial charge in [-0.3, -0.25) is 0 Å². The second kappa shape index (κ2) is 15.2. The lowest BCUT2D eigenvalue weighted by Gasteiger charge is -2.18. The minimum absolute atomic E-state index is 0.610. The summed E-state index contributed by atoms with van der Waals surface area (Å²) in [5.41, 5.74) is 11.8. The zero-order valence-electron chi connectivity index (χ0n) is 36.8. The summed E-state index contributed by atoms with van der Waals surface area (Å²) in [7, 11) is 0. The van der Waals surface area contributed by atoms with E-state index in [1.807, 2.05) is 18.2 Å². The monoisotopic (exact) mass is 865 g/mol. The number of benzene rings is 11. The Morgan fingerprint density at radius 2 is 0.765 bits per heavy atom. The SMILES string of the molecule is c1ccc(-c2nc(-c3ccc(-n4c5cc6ccccc6cc5c5cc6ccccc6cc54)c4c(-c5ccccc5)cccc34)nc(-c3cccc4c3c3ccccc3n4-c3ccccc3)n2)cc1. The third-order valence-corrected chi connectivity index (χ3v) is 13.7. The lowest BCUT2D eigenvalue weighted by molar-refractivity contribution is 1.08. The van der Waals surface area contributed by atoms with Crippen molar-refractivity contribution in [1.82, 2.24) is 24.1 Å². The van der Waals surface area contributed by atoms with E-state index in [0.29, 0.717) is 17.5 Å². The molecule has 0 spiro atoms. The van der Waals surface area contributed by atoms with Crippen molar-refractivity contribution >= 4 is 75.9 Å². The predicted molar refractivity (Wildman–Crippen MR) is 283 cm³/mol. The summed E-state index contributed by atoms with van der Waals surface area (Å²) in [4.78, 5) is 16.2. The van der Waals surface area contributed by atoms with E-state index in [-0.39, 0.29) is 0 Å². The van der Waals surface area contributed by atoms with Crippen LogP contribution in [0, 0.1) is 0 Å². The van der Waals surface area contributed by atoms with Gasteiger partial charge >= 0.3 is 0 Å². The summed E-state index contributed by atoms with van der Waals surface area (Å²) in [6.07, 6.45) is 0. The van der Waals surface area contributed by atoms with Gasteiger partial charge in [-0.1, -0.05) is 176 Å². The van der Waals surface area contributed by atoms with Crippen molar-refractivity contribution in [3.8, 4) is 56.7 Å². The van der Waals surface area contributed by atoms with E-state index in [9.17, 15) is 0 Å². The molecular formula is C63H39N5. The zero-order chi connectivity index (χ0) is 44.7. The first-order chi connectivity index (χ1) is 33.7. The molecule has 0 aliphatic rings. The third-order valence-electron chi connectivity index (χ3n) is 13.7. The van der Waals surface area contributed by atoms with Crippen LogP contribution in [0.4, 0.5) is 0 Å². The third kappa shape index (κ3) is 5.93. The second-order valence-corrected chi connectivity index (χ2v) is 17.6. The molecule has 0 aliphatic heterocycles. The molecule has 3 aromatic heterocycles. The molecule has 0 aliphatic carbocycles. The van der Waals surface area contributed by atoms with Crippen LogP contribution < -0.4 is 0 Å². The molecule has 3 heterocycles. The highest BCUT2D eigenvalue weighted by atomic mass is 15.0. The maximum absolute atomic E-state index is 5.51. The molecule has 0 saturated heterocycles. The first kappa shape index (κ1) is 38.1. The smallest absolute Gasteiger partial charge is 0.164 e. The van der Waals surface area contributed by atoms with Gasteiger partial charge in [0.15, 0.2) is 17.5 Å². The topological polar surface area (TPSA) is 48.5 Å². The highest BCUT2D eigenvalue weighted by Crippen LogP contribution is 2.44. The summed E-state index contributed by atoms with van der Waals surface area (Å²) in [5, 5.41) is 11.7. The molecule has 11 aromatic carbocycles. The lowest BCUT2D eigenvalue weighted by Crippen LogP contribution is -2.02. The molecule has 0 radical (unpaired) electrons. The molecule has 68 heavy (non-hydrogen) atoms. The van der Waals surface area contributed by atoms with Crippen LogP contribution in [0.5, 0.6) is 0 Å². The Bertz CT molecular complexity index is 4210. The molecule has 0 fully saturated rings. The zero-order valence-corrected chi connectivity index (χ0v) is 36.8. The lowest BCUT2D eigenvalue weighted by atomic mass is 9.93. The molecular weight excluding hydrogens is 827 g/mol. The summed E-state index contributed by atoms with van der Waals surface area (Å²) < 4.78 is 4.82. The van der Waals surface area contributed by atoms with Crippen LogP contribution in [0.15, 0.2) is 237 Å². The van der Waals surface area contributed by atoms with Gasteiger partial charge < -0.3 is 9.13 Å². The van der Waals surface area contributed by atoms with Crippen LogP contribution in [0.25, 0.3) is 133 Å². The van der Waals surface area contributed by atoms with Gasteiger partial charge in [-0.25, -0.2) is 15.0 Å². The first-order valence-corrected chi connectivity index (χ1v) is 23.1. The number of nitrogens with zero attached hydrogens (tertiary/aromatic N) is 5. The molecule has 0 saturated carbocycles. The van der Waals surface area contributed by atoms with Crippen LogP contribution in [0.1, 0.15) is 0 Å². The fourth-order valence-electron chi connectivity index (χ4n) is 10.7. The van der Waals surface area contributed by atoms with E-state index in [0.717, 1.165) is 82.8 Å². The Morgan fingerprint density at radius 1 is 0.265 bits per heavy atom. The van der Waals surface area contributed by atoms with Gasteiger partial charge in [0.25, 0.3) is 0 Å². The van der Waals surface area contributed by atoms with Gasteiger partial charge in [-0.15, -0.1) is 0 Å². The van der Waals surface area contributed by atoms with Gasteiger partial charge in [0.1, 0.15) is 0 Å². The Hall–Kier alpha value is -9.19. The quantitative estimate of drug-likeness (QED) is 0.167. The molecule has 0 atom stereocenters. The van der Waals surface area contributed by atoms with E-state index >= 15 is 0 Å². The van der Waals surface area contributed by atoms with E-state index in [1.54, 1.807) is 0 Å². The highest BCUT2D eigenvalue weighted by Gasteiger charge is 2.23. The fraction of sp³-hybridized carbons (Fsp3) is 0.